The summed E-state index contributed by atoms with van der Waals surface area (Å²) in [6.07, 6.45) is 0. The molecule has 0 bridgehead atoms. The summed E-state index contributed by atoms with van der Waals surface area (Å²) in [4.78, 5) is 0. The smallest absolute Gasteiger partial charge is 0.143 e. The van der Waals surface area contributed by atoms with E-state index in [4.69, 9.17) is 4.42 Å². The quantitative estimate of drug-likeness (QED) is 0.172. The maximum absolute atomic E-state index is 6.41. The van der Waals surface area contributed by atoms with E-state index in [1.54, 1.807) is 0 Å². The molecule has 1 heteroatoms. The Labute approximate surface area is 298 Å². The first kappa shape index (κ1) is 30.6. The Hall–Kier alpha value is -6.44. The van der Waals surface area contributed by atoms with Crippen LogP contribution in [0.15, 0.2) is 186 Å². The lowest BCUT2D eigenvalue weighted by atomic mass is 9.83. The number of benzene rings is 9. The number of furan rings is 1. The zero-order valence-electron chi connectivity index (χ0n) is 28.7. The van der Waals surface area contributed by atoms with Gasteiger partial charge in [-0.3, -0.25) is 0 Å². The van der Waals surface area contributed by atoms with E-state index in [1.807, 2.05) is 26.0 Å². The van der Waals surface area contributed by atoms with Crippen molar-refractivity contribution in [3.05, 3.63) is 182 Å². The van der Waals surface area contributed by atoms with E-state index in [-0.39, 0.29) is 0 Å². The second kappa shape index (κ2) is 12.8. The number of hydrogen-bond acceptors (Lipinski definition) is 1. The molecule has 1 nitrogen and oxygen atoms in total. The average molecular weight is 653 g/mol. The molecule has 0 fully saturated rings. The van der Waals surface area contributed by atoms with Crippen molar-refractivity contribution in [3.63, 3.8) is 0 Å². The average Bonchev–Trinajstić information content (AvgIpc) is 3.60. The molecule has 0 saturated heterocycles. The van der Waals surface area contributed by atoms with Crippen molar-refractivity contribution in [1.82, 2.24) is 0 Å². The Bertz CT molecular complexity index is 2850. The maximum Gasteiger partial charge on any atom is 0.143 e. The summed E-state index contributed by atoms with van der Waals surface area (Å²) in [5.74, 6) is 0. The van der Waals surface area contributed by atoms with Crippen LogP contribution in [-0.2, 0) is 0 Å². The van der Waals surface area contributed by atoms with Crippen LogP contribution in [0.4, 0.5) is 0 Å². The standard InChI is InChI=1S/C48H30O.C2H6/c1-2-12-31(13-3-1)35-28-29-42-44(30-35)46(40-18-6-7-19-41(40)47(42)39-21-10-15-32-14-4-5-16-36(32)39)34-26-24-33(25-27-34)37-20-11-22-43-38-17-8-9-23-45(38)49-48(37)43;1-2/h1-30H;1-2H3. The second-order valence-electron chi connectivity index (χ2n) is 12.8. The third-order valence-corrected chi connectivity index (χ3v) is 10.1. The number of hydrogen-bond donors (Lipinski definition) is 0. The molecule has 0 unspecified atom stereocenters. The van der Waals surface area contributed by atoms with Gasteiger partial charge < -0.3 is 4.42 Å². The predicted molar refractivity (Wildman–Crippen MR) is 219 cm³/mol. The van der Waals surface area contributed by atoms with Gasteiger partial charge in [-0.05, 0) is 83.4 Å². The third kappa shape index (κ3) is 5.09. The number of rotatable bonds is 4. The van der Waals surface area contributed by atoms with Crippen LogP contribution in [0, 0.1) is 0 Å². The minimum Gasteiger partial charge on any atom is -0.455 e. The highest BCUT2D eigenvalue weighted by Crippen LogP contribution is 2.46. The van der Waals surface area contributed by atoms with Gasteiger partial charge in [-0.25, -0.2) is 0 Å². The summed E-state index contributed by atoms with van der Waals surface area (Å²) in [7, 11) is 0. The highest BCUT2D eigenvalue weighted by molar-refractivity contribution is 6.24. The topological polar surface area (TPSA) is 13.1 Å². The minimum absolute atomic E-state index is 0.917. The normalized spacial score (nSPS) is 11.3. The molecule has 0 N–H and O–H groups in total. The molecule has 0 amide bonds. The minimum atomic E-state index is 0.917. The molecule has 0 spiro atoms. The Kier molecular flexibility index (Phi) is 7.67. The highest BCUT2D eigenvalue weighted by atomic mass is 16.3. The summed E-state index contributed by atoms with van der Waals surface area (Å²) in [6, 6.07) is 65.8. The van der Waals surface area contributed by atoms with E-state index in [0.717, 1.165) is 33.1 Å². The molecule has 9 aromatic carbocycles. The Morgan fingerprint density at radius 2 is 0.863 bits per heavy atom. The van der Waals surface area contributed by atoms with Crippen molar-refractivity contribution in [1.29, 1.82) is 0 Å². The lowest BCUT2D eigenvalue weighted by Gasteiger charge is -2.20. The SMILES string of the molecule is CC.c1ccc(-c2ccc3c(-c4cccc5ccccc45)c4ccccc4c(-c4ccc(-c5cccc6c5oc5ccccc56)cc4)c3c2)cc1. The van der Waals surface area contributed by atoms with E-state index in [1.165, 1.54) is 65.7 Å². The van der Waals surface area contributed by atoms with Gasteiger partial charge in [0.1, 0.15) is 11.2 Å². The fourth-order valence-electron chi connectivity index (χ4n) is 7.82. The molecule has 1 aromatic heterocycles. The molecule has 10 rings (SSSR count). The van der Waals surface area contributed by atoms with Gasteiger partial charge in [0.05, 0.1) is 0 Å². The van der Waals surface area contributed by atoms with Crippen molar-refractivity contribution in [2.75, 3.05) is 0 Å². The lowest BCUT2D eigenvalue weighted by Crippen LogP contribution is -1.92. The van der Waals surface area contributed by atoms with Gasteiger partial charge in [0.15, 0.2) is 0 Å². The van der Waals surface area contributed by atoms with Gasteiger partial charge >= 0.3 is 0 Å². The maximum atomic E-state index is 6.41. The molecule has 51 heavy (non-hydrogen) atoms. The van der Waals surface area contributed by atoms with Gasteiger partial charge in [0.2, 0.25) is 0 Å². The van der Waals surface area contributed by atoms with E-state index < -0.39 is 0 Å². The van der Waals surface area contributed by atoms with Crippen molar-refractivity contribution >= 4 is 54.3 Å². The van der Waals surface area contributed by atoms with E-state index in [0.29, 0.717) is 0 Å². The largest absolute Gasteiger partial charge is 0.455 e. The van der Waals surface area contributed by atoms with E-state index in [2.05, 4.69) is 170 Å². The van der Waals surface area contributed by atoms with Crippen LogP contribution < -0.4 is 0 Å². The Morgan fingerprint density at radius 1 is 0.314 bits per heavy atom. The molecule has 0 aliphatic rings. The first-order valence-electron chi connectivity index (χ1n) is 17.8. The van der Waals surface area contributed by atoms with E-state index >= 15 is 0 Å². The van der Waals surface area contributed by atoms with E-state index in [9.17, 15) is 0 Å². The summed E-state index contributed by atoms with van der Waals surface area (Å²) in [5, 5.41) is 9.80. The van der Waals surface area contributed by atoms with Crippen molar-refractivity contribution in [3.8, 4) is 44.5 Å². The molecule has 0 aliphatic carbocycles. The summed E-state index contributed by atoms with van der Waals surface area (Å²) in [5.41, 5.74) is 11.5. The number of fused-ring (bicyclic) bond motifs is 6. The molecule has 10 aromatic rings. The van der Waals surface area contributed by atoms with Crippen LogP contribution in [0.5, 0.6) is 0 Å². The van der Waals surface area contributed by atoms with Gasteiger partial charge in [-0.15, -0.1) is 0 Å². The molecule has 1 heterocycles. The summed E-state index contributed by atoms with van der Waals surface area (Å²) < 4.78 is 6.41. The van der Waals surface area contributed by atoms with Crippen LogP contribution in [0.25, 0.3) is 98.8 Å². The Balaban J connectivity index is 0.00000171. The molecular formula is C50H36O. The zero-order valence-corrected chi connectivity index (χ0v) is 28.7. The van der Waals surface area contributed by atoms with Crippen molar-refractivity contribution in [2.24, 2.45) is 0 Å². The molecular weight excluding hydrogens is 617 g/mol. The van der Waals surface area contributed by atoms with Crippen LogP contribution >= 0.6 is 0 Å². The number of para-hydroxylation sites is 2. The monoisotopic (exact) mass is 652 g/mol. The molecule has 0 saturated carbocycles. The summed E-state index contributed by atoms with van der Waals surface area (Å²) in [6.45, 7) is 4.00. The van der Waals surface area contributed by atoms with Gasteiger partial charge in [0, 0.05) is 16.3 Å². The zero-order chi connectivity index (χ0) is 34.3. The summed E-state index contributed by atoms with van der Waals surface area (Å²) >= 11 is 0. The first-order chi connectivity index (χ1) is 25.3. The molecule has 0 atom stereocenters. The molecule has 0 radical (unpaired) electrons. The highest BCUT2D eigenvalue weighted by Gasteiger charge is 2.19. The molecule has 0 aliphatic heterocycles. The van der Waals surface area contributed by atoms with Gasteiger partial charge in [-0.1, -0.05) is 184 Å². The van der Waals surface area contributed by atoms with Crippen LogP contribution in [0.2, 0.25) is 0 Å². The first-order valence-corrected chi connectivity index (χ1v) is 17.8. The van der Waals surface area contributed by atoms with Crippen LogP contribution in [0.3, 0.4) is 0 Å². The second-order valence-corrected chi connectivity index (χ2v) is 12.8. The van der Waals surface area contributed by atoms with Crippen LogP contribution in [-0.4, -0.2) is 0 Å². The fraction of sp³-hybridized carbons (Fsp3) is 0.0400. The third-order valence-electron chi connectivity index (χ3n) is 10.1. The fourth-order valence-corrected chi connectivity index (χ4v) is 7.82. The van der Waals surface area contributed by atoms with Crippen LogP contribution in [0.1, 0.15) is 13.8 Å². The van der Waals surface area contributed by atoms with Crippen molar-refractivity contribution in [2.45, 2.75) is 13.8 Å². The van der Waals surface area contributed by atoms with Gasteiger partial charge in [0.25, 0.3) is 0 Å². The molecule has 242 valence electrons. The predicted octanol–water partition coefficient (Wildman–Crippen LogP) is 14.7. The van der Waals surface area contributed by atoms with Crippen molar-refractivity contribution < 1.29 is 4.42 Å². The van der Waals surface area contributed by atoms with Gasteiger partial charge in [-0.2, -0.15) is 0 Å². The Morgan fingerprint density at radius 3 is 1.67 bits per heavy atom. The lowest BCUT2D eigenvalue weighted by molar-refractivity contribution is 0.670.